The van der Waals surface area contributed by atoms with Crippen LogP contribution in [0.25, 0.3) is 76.8 Å². The van der Waals surface area contributed by atoms with Gasteiger partial charge >= 0.3 is 0 Å². The third-order valence-corrected chi connectivity index (χ3v) is 9.94. The number of pyridine rings is 1. The molecule has 228 valence electrons. The number of unbranched alkanes of at least 4 members (excludes halogenated alkanes) is 3. The van der Waals surface area contributed by atoms with E-state index >= 15 is 0 Å². The molecule has 0 saturated heterocycles. The molecule has 9 rings (SSSR count). The lowest BCUT2D eigenvalue weighted by atomic mass is 10.1. The van der Waals surface area contributed by atoms with E-state index in [1.165, 1.54) is 40.8 Å². The second kappa shape index (κ2) is 11.0. The van der Waals surface area contributed by atoms with Crippen LogP contribution in [-0.4, -0.2) is 13.7 Å². The maximum atomic E-state index is 14.7. The number of rotatable bonds is 7. The number of para-hydroxylation sites is 4. The van der Waals surface area contributed by atoms with Crippen molar-refractivity contribution in [1.29, 1.82) is 0 Å². The minimum atomic E-state index is 0.0741. The zero-order valence-electron chi connectivity index (χ0n) is 26.5. The highest BCUT2D eigenvalue weighted by molar-refractivity contribution is 6.10. The molecule has 0 bridgehead atoms. The van der Waals surface area contributed by atoms with Crippen molar-refractivity contribution in [2.24, 2.45) is 0 Å². The number of benzene rings is 6. The van der Waals surface area contributed by atoms with Crippen molar-refractivity contribution < 1.29 is 0 Å². The van der Waals surface area contributed by atoms with Crippen LogP contribution in [0.5, 0.6) is 0 Å². The average molecular weight is 610 g/mol. The van der Waals surface area contributed by atoms with E-state index in [9.17, 15) is 4.79 Å². The van der Waals surface area contributed by atoms with Gasteiger partial charge in [0.15, 0.2) is 5.43 Å². The Morgan fingerprint density at radius 3 is 1.23 bits per heavy atom. The van der Waals surface area contributed by atoms with Gasteiger partial charge in [-0.15, -0.1) is 0 Å². The van der Waals surface area contributed by atoms with Gasteiger partial charge in [-0.25, -0.2) is 0 Å². The maximum Gasteiger partial charge on any atom is 0.197 e. The summed E-state index contributed by atoms with van der Waals surface area (Å²) in [6.07, 6.45) is 4.65. The van der Waals surface area contributed by atoms with Gasteiger partial charge in [-0.1, -0.05) is 99.0 Å². The highest BCUT2D eigenvalue weighted by Gasteiger charge is 2.18. The fraction of sp³-hybridized carbons (Fsp3) is 0.140. The molecule has 6 aromatic carbocycles. The Kier molecular flexibility index (Phi) is 6.49. The number of aromatic nitrogens is 3. The fourth-order valence-electron chi connectivity index (χ4n) is 7.77. The Morgan fingerprint density at radius 2 is 0.830 bits per heavy atom. The van der Waals surface area contributed by atoms with Gasteiger partial charge in [-0.2, -0.15) is 0 Å². The van der Waals surface area contributed by atoms with Crippen molar-refractivity contribution >= 4 is 65.4 Å². The van der Waals surface area contributed by atoms with Gasteiger partial charge in [0.2, 0.25) is 0 Å². The molecule has 0 saturated carbocycles. The van der Waals surface area contributed by atoms with Crippen molar-refractivity contribution in [3.63, 3.8) is 0 Å². The van der Waals surface area contributed by atoms with Gasteiger partial charge < -0.3 is 13.7 Å². The molecule has 3 aromatic heterocycles. The molecule has 0 aliphatic heterocycles. The van der Waals surface area contributed by atoms with Crippen LogP contribution >= 0.6 is 0 Å². The van der Waals surface area contributed by atoms with Gasteiger partial charge in [0.1, 0.15) is 0 Å². The first-order valence-electron chi connectivity index (χ1n) is 16.8. The zero-order chi connectivity index (χ0) is 31.5. The Balaban J connectivity index is 1.32. The van der Waals surface area contributed by atoms with Gasteiger partial charge in [0, 0.05) is 50.2 Å². The number of fused-ring (bicyclic) bond motifs is 8. The molecule has 0 spiro atoms. The fourth-order valence-corrected chi connectivity index (χ4v) is 7.77. The molecule has 4 nitrogen and oxygen atoms in total. The minimum absolute atomic E-state index is 0.0741. The average Bonchev–Trinajstić information content (AvgIpc) is 3.64. The van der Waals surface area contributed by atoms with Crippen LogP contribution in [0.1, 0.15) is 32.6 Å². The van der Waals surface area contributed by atoms with E-state index in [2.05, 4.69) is 154 Å². The van der Waals surface area contributed by atoms with Gasteiger partial charge in [0.05, 0.1) is 33.1 Å². The number of hydrogen-bond donors (Lipinski definition) is 0. The predicted molar refractivity (Wildman–Crippen MR) is 199 cm³/mol. The maximum absolute atomic E-state index is 14.7. The van der Waals surface area contributed by atoms with E-state index in [1.54, 1.807) is 0 Å². The molecule has 0 unspecified atom stereocenters. The van der Waals surface area contributed by atoms with Crippen LogP contribution < -0.4 is 5.43 Å². The summed E-state index contributed by atoms with van der Waals surface area (Å²) in [7, 11) is 0. The Morgan fingerprint density at radius 1 is 0.426 bits per heavy atom. The summed E-state index contributed by atoms with van der Waals surface area (Å²) in [5, 5.41) is 6.37. The highest BCUT2D eigenvalue weighted by Crippen LogP contribution is 2.35. The predicted octanol–water partition coefficient (Wildman–Crippen LogP) is 10.9. The molecule has 3 heterocycles. The van der Waals surface area contributed by atoms with Gasteiger partial charge in [0.25, 0.3) is 0 Å². The Bertz CT molecular complexity index is 2420. The van der Waals surface area contributed by atoms with E-state index in [1.807, 2.05) is 0 Å². The third kappa shape index (κ3) is 4.25. The van der Waals surface area contributed by atoms with E-state index in [-0.39, 0.29) is 5.43 Å². The molecule has 0 amide bonds. The van der Waals surface area contributed by atoms with E-state index < -0.39 is 0 Å². The van der Waals surface area contributed by atoms with Crippen molar-refractivity contribution in [1.82, 2.24) is 13.7 Å². The molecule has 0 atom stereocenters. The van der Waals surface area contributed by atoms with Crippen LogP contribution in [-0.2, 0) is 6.54 Å². The first-order chi connectivity index (χ1) is 23.2. The van der Waals surface area contributed by atoms with Crippen molar-refractivity contribution in [3.8, 4) is 11.4 Å². The van der Waals surface area contributed by atoms with Crippen molar-refractivity contribution in [2.75, 3.05) is 0 Å². The zero-order valence-corrected chi connectivity index (χ0v) is 26.5. The summed E-state index contributed by atoms with van der Waals surface area (Å²) in [6, 6.07) is 47.1. The minimum Gasteiger partial charge on any atom is -0.340 e. The number of hydrogen-bond acceptors (Lipinski definition) is 1. The van der Waals surface area contributed by atoms with Crippen LogP contribution in [0.2, 0.25) is 0 Å². The molecular formula is C43H35N3O. The van der Waals surface area contributed by atoms with Crippen LogP contribution in [0.3, 0.4) is 0 Å². The summed E-state index contributed by atoms with van der Waals surface area (Å²) in [5.74, 6) is 0. The normalized spacial score (nSPS) is 12.0. The molecule has 0 aliphatic rings. The van der Waals surface area contributed by atoms with Crippen LogP contribution in [0, 0.1) is 0 Å². The molecule has 0 fully saturated rings. The Labute approximate surface area is 272 Å². The van der Waals surface area contributed by atoms with Gasteiger partial charge in [-0.05, 0) is 67.1 Å². The van der Waals surface area contributed by atoms with Crippen LogP contribution in [0.4, 0.5) is 0 Å². The quantitative estimate of drug-likeness (QED) is 0.131. The Hall–Kier alpha value is -5.61. The second-order valence-corrected chi connectivity index (χ2v) is 12.7. The van der Waals surface area contributed by atoms with Crippen molar-refractivity contribution in [3.05, 3.63) is 144 Å². The topological polar surface area (TPSA) is 31.9 Å². The summed E-state index contributed by atoms with van der Waals surface area (Å²) >= 11 is 0. The first-order valence-corrected chi connectivity index (χ1v) is 16.8. The smallest absolute Gasteiger partial charge is 0.197 e. The lowest BCUT2D eigenvalue weighted by Crippen LogP contribution is -2.13. The molecule has 4 heteroatoms. The molecule has 0 aliphatic carbocycles. The summed E-state index contributed by atoms with van der Waals surface area (Å²) in [4.78, 5) is 14.7. The molecule has 47 heavy (non-hydrogen) atoms. The largest absolute Gasteiger partial charge is 0.340 e. The third-order valence-electron chi connectivity index (χ3n) is 9.94. The molecule has 9 aromatic rings. The lowest BCUT2D eigenvalue weighted by molar-refractivity contribution is 0.601. The highest BCUT2D eigenvalue weighted by atomic mass is 16.1. The standard InChI is InChI=1S/C43H35N3O/c1-2-3-4-13-26-44-37-24-22-29(45-39-18-9-5-14-31(39)32-15-6-10-19-40(32)45)27-35(37)43(47)36-28-30(23-25-38(36)44)46-41-20-11-7-16-33(41)34-17-8-12-21-42(34)46/h5-12,14-25,27-28H,2-4,13,26H2,1H3. The molecule has 0 N–H and O–H groups in total. The van der Waals surface area contributed by atoms with Crippen LogP contribution in [0.15, 0.2) is 138 Å². The monoisotopic (exact) mass is 609 g/mol. The first kappa shape index (κ1) is 27.7. The number of aryl methyl sites for hydroxylation is 1. The lowest BCUT2D eigenvalue weighted by Gasteiger charge is -2.18. The number of nitrogens with zero attached hydrogens (tertiary/aromatic N) is 3. The second-order valence-electron chi connectivity index (χ2n) is 12.7. The SMILES string of the molecule is CCCCCCn1c2ccc(-n3c4ccccc4c4ccccc43)cc2c(=O)c2cc(-n3c4ccccc4c4ccccc43)ccc21. The van der Waals surface area contributed by atoms with Crippen molar-refractivity contribution in [2.45, 2.75) is 39.2 Å². The summed E-state index contributed by atoms with van der Waals surface area (Å²) in [6.45, 7) is 3.12. The van der Waals surface area contributed by atoms with E-state index in [0.717, 1.165) is 68.2 Å². The molecule has 0 radical (unpaired) electrons. The summed E-state index contributed by atoms with van der Waals surface area (Å²) < 4.78 is 6.98. The molecular weight excluding hydrogens is 574 g/mol. The van der Waals surface area contributed by atoms with E-state index in [4.69, 9.17) is 0 Å². The van der Waals surface area contributed by atoms with Gasteiger partial charge in [-0.3, -0.25) is 4.79 Å². The van der Waals surface area contributed by atoms with E-state index in [0.29, 0.717) is 0 Å². The summed E-state index contributed by atoms with van der Waals surface area (Å²) in [5.41, 5.74) is 8.63.